The standard InChI is InChI=1S/C20H32O12/c1-4-5-9(8(2)3)18(27)29-7-10(22)16-15(26)17(19(28)31-16)32-20-14(25)13(24)12(23)11(6-21)30-20/h8-14,16-17,20-25H,4-7H2,1-3H3/t9?,10-,11+,12+,13-,14+,16+,17?,20+/m0/s1. The number of aliphatic hydroxyl groups excluding tert-OH is 5. The van der Waals surface area contributed by atoms with Crippen molar-refractivity contribution < 1.29 is 58.9 Å². The van der Waals surface area contributed by atoms with Gasteiger partial charge >= 0.3 is 11.9 Å². The molecule has 32 heavy (non-hydrogen) atoms. The minimum Gasteiger partial charge on any atom is -0.463 e. The number of carbonyl (C=O) groups is 3. The van der Waals surface area contributed by atoms with Crippen molar-refractivity contribution >= 4 is 17.7 Å². The first-order valence-electron chi connectivity index (χ1n) is 10.6. The molecule has 0 bridgehead atoms. The maximum Gasteiger partial charge on any atom is 0.344 e. The highest BCUT2D eigenvalue weighted by Crippen LogP contribution is 2.26. The molecule has 2 aliphatic rings. The van der Waals surface area contributed by atoms with Gasteiger partial charge in [-0.2, -0.15) is 0 Å². The zero-order valence-corrected chi connectivity index (χ0v) is 18.2. The second-order valence-electron chi connectivity index (χ2n) is 8.31. The molecule has 0 radical (unpaired) electrons. The van der Waals surface area contributed by atoms with Gasteiger partial charge in [-0.15, -0.1) is 0 Å². The number of hydrogen-bond acceptors (Lipinski definition) is 12. The van der Waals surface area contributed by atoms with Crippen molar-refractivity contribution in [2.45, 2.75) is 82.6 Å². The van der Waals surface area contributed by atoms with E-state index in [0.29, 0.717) is 6.42 Å². The number of esters is 2. The van der Waals surface area contributed by atoms with E-state index in [0.717, 1.165) is 6.42 Å². The lowest BCUT2D eigenvalue weighted by atomic mass is 9.91. The zero-order chi connectivity index (χ0) is 24.2. The van der Waals surface area contributed by atoms with E-state index in [-0.39, 0.29) is 11.8 Å². The molecule has 0 spiro atoms. The molecular formula is C20H32O12. The topological polar surface area (TPSA) is 189 Å². The largest absolute Gasteiger partial charge is 0.463 e. The van der Waals surface area contributed by atoms with E-state index < -0.39 is 80.0 Å². The van der Waals surface area contributed by atoms with Crippen molar-refractivity contribution in [3.05, 3.63) is 0 Å². The summed E-state index contributed by atoms with van der Waals surface area (Å²) in [5.41, 5.74) is 0. The number of hydrogen-bond donors (Lipinski definition) is 5. The minimum atomic E-state index is -1.89. The maximum absolute atomic E-state index is 12.6. The molecular weight excluding hydrogens is 432 g/mol. The third-order valence-corrected chi connectivity index (χ3v) is 5.57. The molecule has 2 saturated heterocycles. The molecule has 12 nitrogen and oxygen atoms in total. The molecule has 2 fully saturated rings. The van der Waals surface area contributed by atoms with Crippen LogP contribution < -0.4 is 0 Å². The summed E-state index contributed by atoms with van der Waals surface area (Å²) in [5, 5.41) is 49.0. The van der Waals surface area contributed by atoms with E-state index in [4.69, 9.17) is 18.9 Å². The van der Waals surface area contributed by atoms with Crippen molar-refractivity contribution in [3.63, 3.8) is 0 Å². The van der Waals surface area contributed by atoms with Crippen LogP contribution in [0.15, 0.2) is 0 Å². The van der Waals surface area contributed by atoms with Crippen LogP contribution in [0.4, 0.5) is 0 Å². The highest BCUT2D eigenvalue weighted by molar-refractivity contribution is 6.09. The van der Waals surface area contributed by atoms with Crippen LogP contribution in [0.25, 0.3) is 0 Å². The monoisotopic (exact) mass is 464 g/mol. The Hall–Kier alpha value is -1.67. The van der Waals surface area contributed by atoms with Crippen LogP contribution in [0.1, 0.15) is 33.6 Å². The Morgan fingerprint density at radius 3 is 2.34 bits per heavy atom. The SMILES string of the molecule is CCCC(C(=O)OC[C@H](O)[C@H]1OC(=O)C(O[C@H]2O[C@H](CO)[C@@H](O)[C@H](O)[C@H]2O)C1=O)C(C)C. The van der Waals surface area contributed by atoms with Crippen molar-refractivity contribution in [2.75, 3.05) is 13.2 Å². The van der Waals surface area contributed by atoms with Gasteiger partial charge in [0, 0.05) is 0 Å². The van der Waals surface area contributed by atoms with Crippen LogP contribution in [0.3, 0.4) is 0 Å². The Labute approximate surface area is 185 Å². The maximum atomic E-state index is 12.6. The number of carbonyl (C=O) groups excluding carboxylic acids is 3. The van der Waals surface area contributed by atoms with Crippen molar-refractivity contribution in [2.24, 2.45) is 11.8 Å². The number of ketones is 1. The van der Waals surface area contributed by atoms with E-state index in [2.05, 4.69) is 0 Å². The average molecular weight is 464 g/mol. The second-order valence-corrected chi connectivity index (χ2v) is 8.31. The molecule has 2 unspecified atom stereocenters. The summed E-state index contributed by atoms with van der Waals surface area (Å²) in [5.74, 6) is -3.07. The van der Waals surface area contributed by atoms with Gasteiger partial charge in [-0.05, 0) is 12.3 Å². The van der Waals surface area contributed by atoms with Crippen LogP contribution in [-0.2, 0) is 33.3 Å². The Bertz CT molecular complexity index is 665. The number of cyclic esters (lactones) is 1. The summed E-state index contributed by atoms with van der Waals surface area (Å²) in [4.78, 5) is 36.9. The fourth-order valence-corrected chi connectivity index (χ4v) is 3.61. The molecule has 5 N–H and O–H groups in total. The normalized spacial score (nSPS) is 35.0. The van der Waals surface area contributed by atoms with E-state index in [1.54, 1.807) is 0 Å². The van der Waals surface area contributed by atoms with Gasteiger partial charge in [0.1, 0.15) is 37.1 Å². The van der Waals surface area contributed by atoms with Gasteiger partial charge in [0.15, 0.2) is 12.4 Å². The van der Waals surface area contributed by atoms with E-state index in [9.17, 15) is 39.9 Å². The number of ether oxygens (including phenoxy) is 4. The molecule has 0 saturated carbocycles. The Morgan fingerprint density at radius 1 is 1.12 bits per heavy atom. The van der Waals surface area contributed by atoms with Gasteiger partial charge < -0.3 is 44.5 Å². The summed E-state index contributed by atoms with van der Waals surface area (Å²) in [6, 6.07) is 0. The fraction of sp³-hybridized carbons (Fsp3) is 0.850. The highest BCUT2D eigenvalue weighted by Gasteiger charge is 2.52. The molecule has 0 aromatic heterocycles. The predicted molar refractivity (Wildman–Crippen MR) is 104 cm³/mol. The summed E-state index contributed by atoms with van der Waals surface area (Å²) in [6.07, 6.45) is -12.1. The van der Waals surface area contributed by atoms with E-state index >= 15 is 0 Å². The molecule has 9 atom stereocenters. The molecule has 0 amide bonds. The lowest BCUT2D eigenvalue weighted by molar-refractivity contribution is -0.305. The molecule has 0 aromatic carbocycles. The van der Waals surface area contributed by atoms with Crippen LogP contribution in [0.2, 0.25) is 0 Å². The van der Waals surface area contributed by atoms with E-state index in [1.165, 1.54) is 0 Å². The van der Waals surface area contributed by atoms with Gasteiger partial charge in [-0.25, -0.2) is 4.79 Å². The van der Waals surface area contributed by atoms with Crippen LogP contribution in [0.5, 0.6) is 0 Å². The van der Waals surface area contributed by atoms with Crippen LogP contribution in [-0.4, -0.2) is 105 Å². The Kier molecular flexibility index (Phi) is 9.52. The second kappa shape index (κ2) is 11.5. The minimum absolute atomic E-state index is 0.0156. The van der Waals surface area contributed by atoms with Gasteiger partial charge in [0.25, 0.3) is 0 Å². The van der Waals surface area contributed by atoms with Crippen molar-refractivity contribution in [1.29, 1.82) is 0 Å². The van der Waals surface area contributed by atoms with Crippen LogP contribution >= 0.6 is 0 Å². The summed E-state index contributed by atoms with van der Waals surface area (Å²) in [7, 11) is 0. The molecule has 12 heteroatoms. The lowest BCUT2D eigenvalue weighted by Crippen LogP contribution is -2.60. The number of Topliss-reactive ketones (excluding diaryl/α,β-unsaturated/α-hetero) is 1. The third kappa shape index (κ3) is 5.81. The molecule has 0 aliphatic carbocycles. The summed E-state index contributed by atoms with van der Waals surface area (Å²) < 4.78 is 20.2. The Balaban J connectivity index is 1.97. The van der Waals surface area contributed by atoms with Gasteiger partial charge in [0.05, 0.1) is 12.5 Å². The van der Waals surface area contributed by atoms with Crippen molar-refractivity contribution in [1.82, 2.24) is 0 Å². The summed E-state index contributed by atoms with van der Waals surface area (Å²) >= 11 is 0. The van der Waals surface area contributed by atoms with Crippen LogP contribution in [0, 0.1) is 11.8 Å². The number of aliphatic hydroxyl groups is 5. The quantitative estimate of drug-likeness (QED) is 0.171. The molecule has 2 heterocycles. The molecule has 2 aliphatic heterocycles. The zero-order valence-electron chi connectivity index (χ0n) is 18.2. The highest BCUT2D eigenvalue weighted by atomic mass is 16.7. The first-order valence-corrected chi connectivity index (χ1v) is 10.6. The van der Waals surface area contributed by atoms with E-state index in [1.807, 2.05) is 20.8 Å². The third-order valence-electron chi connectivity index (χ3n) is 5.57. The smallest absolute Gasteiger partial charge is 0.344 e. The lowest BCUT2D eigenvalue weighted by Gasteiger charge is -2.39. The number of rotatable bonds is 10. The van der Waals surface area contributed by atoms with Gasteiger partial charge in [-0.3, -0.25) is 9.59 Å². The summed E-state index contributed by atoms with van der Waals surface area (Å²) in [6.45, 7) is 4.34. The molecule has 2 rings (SSSR count). The van der Waals surface area contributed by atoms with Crippen molar-refractivity contribution in [3.8, 4) is 0 Å². The molecule has 0 aromatic rings. The fourth-order valence-electron chi connectivity index (χ4n) is 3.61. The molecule has 184 valence electrons. The average Bonchev–Trinajstić information content (AvgIpc) is 3.03. The first-order chi connectivity index (χ1) is 15.0. The van der Waals surface area contributed by atoms with Gasteiger partial charge in [0.2, 0.25) is 11.9 Å². The first kappa shape index (κ1) is 26.6. The van der Waals surface area contributed by atoms with Gasteiger partial charge in [-0.1, -0.05) is 27.2 Å². The Morgan fingerprint density at radius 2 is 1.78 bits per heavy atom. The predicted octanol–water partition coefficient (Wildman–Crippen LogP) is -2.36.